The molecule has 1 atom stereocenters. The maximum absolute atomic E-state index is 12.6. The quantitative estimate of drug-likeness (QED) is 0.803. The molecule has 15 heavy (non-hydrogen) atoms. The predicted molar refractivity (Wildman–Crippen MR) is 58.2 cm³/mol. The Labute approximate surface area is 89.5 Å². The van der Waals surface area contributed by atoms with Crippen LogP contribution in [0.25, 0.3) is 0 Å². The number of halogens is 1. The van der Waals surface area contributed by atoms with Crippen molar-refractivity contribution in [2.75, 3.05) is 7.05 Å². The summed E-state index contributed by atoms with van der Waals surface area (Å²) < 4.78 is 12.6. The third kappa shape index (κ3) is 3.44. The van der Waals surface area contributed by atoms with Crippen molar-refractivity contribution >= 4 is 5.78 Å². The number of hydrogen-bond acceptors (Lipinski definition) is 2. The number of ketones is 1. The first kappa shape index (κ1) is 11.9. The van der Waals surface area contributed by atoms with Crippen molar-refractivity contribution in [3.8, 4) is 0 Å². The molecule has 0 spiro atoms. The molecule has 0 saturated carbocycles. The molecule has 0 aliphatic heterocycles. The van der Waals surface area contributed by atoms with Crippen LogP contribution in [0.1, 0.15) is 18.9 Å². The second-order valence-corrected chi connectivity index (χ2v) is 3.49. The second-order valence-electron chi connectivity index (χ2n) is 3.49. The van der Waals surface area contributed by atoms with Crippen molar-refractivity contribution in [1.82, 2.24) is 5.32 Å². The second kappa shape index (κ2) is 5.61. The summed E-state index contributed by atoms with van der Waals surface area (Å²) in [5.74, 6) is -0.0663. The Hall–Kier alpha value is -1.22. The van der Waals surface area contributed by atoms with Crippen LogP contribution in [-0.4, -0.2) is 18.9 Å². The largest absolute Gasteiger partial charge is 0.310 e. The minimum absolute atomic E-state index is 0.166. The summed E-state index contributed by atoms with van der Waals surface area (Å²) in [5.41, 5.74) is 0.970. The first-order valence-corrected chi connectivity index (χ1v) is 5.11. The van der Waals surface area contributed by atoms with Crippen molar-refractivity contribution in [2.45, 2.75) is 25.8 Å². The lowest BCUT2D eigenvalue weighted by atomic mass is 10.0. The van der Waals surface area contributed by atoms with E-state index in [-0.39, 0.29) is 17.6 Å². The molecule has 82 valence electrons. The van der Waals surface area contributed by atoms with Gasteiger partial charge in [0.1, 0.15) is 11.6 Å². The van der Waals surface area contributed by atoms with Crippen LogP contribution < -0.4 is 5.32 Å². The lowest BCUT2D eigenvalue weighted by molar-refractivity contribution is -0.120. The SMILES string of the molecule is CCC(=O)C(Cc1ccc(F)cc1)NC. The van der Waals surface area contributed by atoms with E-state index in [0.717, 1.165) is 5.56 Å². The average Bonchev–Trinajstić information content (AvgIpc) is 2.27. The Morgan fingerprint density at radius 3 is 2.47 bits per heavy atom. The van der Waals surface area contributed by atoms with Crippen LogP contribution in [0.4, 0.5) is 4.39 Å². The van der Waals surface area contributed by atoms with Gasteiger partial charge in [0, 0.05) is 6.42 Å². The first-order chi connectivity index (χ1) is 7.17. The van der Waals surface area contributed by atoms with E-state index < -0.39 is 0 Å². The molecule has 2 nitrogen and oxygen atoms in total. The van der Waals surface area contributed by atoms with Crippen molar-refractivity contribution in [3.63, 3.8) is 0 Å². The zero-order valence-corrected chi connectivity index (χ0v) is 9.09. The number of rotatable bonds is 5. The highest BCUT2D eigenvalue weighted by Crippen LogP contribution is 2.07. The number of Topliss-reactive ketones (excluding diaryl/α,β-unsaturated/α-hetero) is 1. The van der Waals surface area contributed by atoms with Gasteiger partial charge in [-0.15, -0.1) is 0 Å². The van der Waals surface area contributed by atoms with E-state index in [0.29, 0.717) is 12.8 Å². The van der Waals surface area contributed by atoms with Crippen LogP contribution in [0.3, 0.4) is 0 Å². The Balaban J connectivity index is 2.66. The van der Waals surface area contributed by atoms with Gasteiger partial charge in [-0.05, 0) is 31.2 Å². The average molecular weight is 209 g/mol. The lowest BCUT2D eigenvalue weighted by Crippen LogP contribution is -2.35. The molecule has 1 rings (SSSR count). The van der Waals surface area contributed by atoms with E-state index in [9.17, 15) is 9.18 Å². The highest BCUT2D eigenvalue weighted by molar-refractivity contribution is 5.83. The maximum Gasteiger partial charge on any atom is 0.149 e. The number of nitrogens with one attached hydrogen (secondary N) is 1. The van der Waals surface area contributed by atoms with Gasteiger partial charge in [-0.25, -0.2) is 4.39 Å². The molecule has 1 aromatic carbocycles. The number of carbonyl (C=O) groups excluding carboxylic acids is 1. The summed E-state index contributed by atoms with van der Waals surface area (Å²) >= 11 is 0. The summed E-state index contributed by atoms with van der Waals surface area (Å²) in [7, 11) is 1.77. The van der Waals surface area contributed by atoms with Gasteiger partial charge in [0.15, 0.2) is 0 Å². The molecule has 0 fully saturated rings. The van der Waals surface area contributed by atoms with Crippen molar-refractivity contribution in [3.05, 3.63) is 35.6 Å². The van der Waals surface area contributed by atoms with E-state index in [1.807, 2.05) is 6.92 Å². The fourth-order valence-corrected chi connectivity index (χ4v) is 1.48. The zero-order valence-electron chi connectivity index (χ0n) is 9.09. The van der Waals surface area contributed by atoms with Crippen molar-refractivity contribution in [1.29, 1.82) is 0 Å². The zero-order chi connectivity index (χ0) is 11.3. The van der Waals surface area contributed by atoms with Gasteiger partial charge in [0.2, 0.25) is 0 Å². The third-order valence-electron chi connectivity index (χ3n) is 2.44. The first-order valence-electron chi connectivity index (χ1n) is 5.11. The predicted octanol–water partition coefficient (Wildman–Crippen LogP) is 1.94. The van der Waals surface area contributed by atoms with Gasteiger partial charge in [0.25, 0.3) is 0 Å². The highest BCUT2D eigenvalue weighted by atomic mass is 19.1. The maximum atomic E-state index is 12.6. The van der Waals surface area contributed by atoms with Gasteiger partial charge in [0.05, 0.1) is 6.04 Å². The van der Waals surface area contributed by atoms with E-state index in [1.54, 1.807) is 19.2 Å². The topological polar surface area (TPSA) is 29.1 Å². The Kier molecular flexibility index (Phi) is 4.43. The molecule has 0 aliphatic carbocycles. The normalized spacial score (nSPS) is 12.5. The third-order valence-corrected chi connectivity index (χ3v) is 2.44. The molecule has 0 aliphatic rings. The van der Waals surface area contributed by atoms with E-state index in [2.05, 4.69) is 5.32 Å². The summed E-state index contributed by atoms with van der Waals surface area (Å²) in [6, 6.07) is 6.09. The Morgan fingerprint density at radius 2 is 2.00 bits per heavy atom. The van der Waals surface area contributed by atoms with Crippen LogP contribution in [0, 0.1) is 5.82 Å². The minimum atomic E-state index is -0.249. The fourth-order valence-electron chi connectivity index (χ4n) is 1.48. The molecule has 1 aromatic rings. The van der Waals surface area contributed by atoms with Gasteiger partial charge in [-0.1, -0.05) is 19.1 Å². The fraction of sp³-hybridized carbons (Fsp3) is 0.417. The number of likely N-dealkylation sites (N-methyl/N-ethyl adjacent to an activating group) is 1. The molecule has 3 heteroatoms. The van der Waals surface area contributed by atoms with Crippen LogP contribution >= 0.6 is 0 Å². The van der Waals surface area contributed by atoms with E-state index in [4.69, 9.17) is 0 Å². The van der Waals surface area contributed by atoms with Gasteiger partial charge in [-0.2, -0.15) is 0 Å². The molecule has 1 unspecified atom stereocenters. The standard InChI is InChI=1S/C12H16FNO/c1-3-12(15)11(14-2)8-9-4-6-10(13)7-5-9/h4-7,11,14H,3,8H2,1-2H3. The summed E-state index contributed by atoms with van der Waals surface area (Å²) in [5, 5.41) is 2.97. The number of benzene rings is 1. The lowest BCUT2D eigenvalue weighted by Gasteiger charge is -2.13. The van der Waals surface area contributed by atoms with Gasteiger partial charge >= 0.3 is 0 Å². The molecular weight excluding hydrogens is 193 g/mol. The molecule has 1 N–H and O–H groups in total. The molecule has 0 heterocycles. The smallest absolute Gasteiger partial charge is 0.149 e. The number of carbonyl (C=O) groups is 1. The van der Waals surface area contributed by atoms with Gasteiger partial charge in [-0.3, -0.25) is 4.79 Å². The van der Waals surface area contributed by atoms with Crippen LogP contribution in [-0.2, 0) is 11.2 Å². The Bertz CT molecular complexity index is 321. The summed E-state index contributed by atoms with van der Waals surface area (Å²) in [6.07, 6.45) is 1.14. The highest BCUT2D eigenvalue weighted by Gasteiger charge is 2.14. The molecule has 0 bridgehead atoms. The Morgan fingerprint density at radius 1 is 1.40 bits per heavy atom. The molecule has 0 radical (unpaired) electrons. The summed E-state index contributed by atoms with van der Waals surface area (Å²) in [4.78, 5) is 11.5. The van der Waals surface area contributed by atoms with Crippen LogP contribution in [0.5, 0.6) is 0 Å². The monoisotopic (exact) mass is 209 g/mol. The van der Waals surface area contributed by atoms with Crippen LogP contribution in [0.15, 0.2) is 24.3 Å². The van der Waals surface area contributed by atoms with E-state index in [1.165, 1.54) is 12.1 Å². The van der Waals surface area contributed by atoms with Crippen molar-refractivity contribution < 1.29 is 9.18 Å². The molecular formula is C12H16FNO. The van der Waals surface area contributed by atoms with Gasteiger partial charge < -0.3 is 5.32 Å². The summed E-state index contributed by atoms with van der Waals surface area (Å²) in [6.45, 7) is 1.84. The molecule has 0 amide bonds. The van der Waals surface area contributed by atoms with Crippen molar-refractivity contribution in [2.24, 2.45) is 0 Å². The molecule has 0 aromatic heterocycles. The number of hydrogen-bond donors (Lipinski definition) is 1. The van der Waals surface area contributed by atoms with E-state index >= 15 is 0 Å². The van der Waals surface area contributed by atoms with Crippen LogP contribution in [0.2, 0.25) is 0 Å². The molecule has 0 saturated heterocycles. The minimum Gasteiger partial charge on any atom is -0.310 e.